The number of ether oxygens (including phenoxy) is 2. The Balaban J connectivity index is 1.46. The van der Waals surface area contributed by atoms with Crippen LogP contribution in [0.4, 0.5) is 0 Å². The Labute approximate surface area is 297 Å². The molecule has 1 fully saturated rings. The monoisotopic (exact) mass is 729 g/mol. The van der Waals surface area contributed by atoms with Crippen LogP contribution in [0.1, 0.15) is 85.5 Å². The highest BCUT2D eigenvalue weighted by Gasteiger charge is 2.49. The summed E-state index contributed by atoms with van der Waals surface area (Å²) in [6, 6.07) is 17.0. The maximum atomic E-state index is 14.4. The standard InChI is InChI=1S/C36H41Cl2N3O7S/c1-36(2,3)48-31(42)21-47-24-16-13-22(14-17-24)20-39-34(43)32-25-9-5-6-10-26(25)35(44)41(33(32)27-18-15-23(37)19-28(27)38)30-12-8-7-11-29(30)40-49(4,45)46/h5-6,9-10,13-19,29-30,32-33,40H,7-8,11-12,20-21H2,1-4H3,(H,39,43)/t29-,30-,32+,33-/m0/s1. The maximum Gasteiger partial charge on any atom is 0.344 e. The predicted molar refractivity (Wildman–Crippen MR) is 188 cm³/mol. The van der Waals surface area contributed by atoms with E-state index in [-0.39, 0.29) is 30.0 Å². The lowest BCUT2D eigenvalue weighted by Crippen LogP contribution is -2.59. The van der Waals surface area contributed by atoms with Crippen LogP contribution in [0.15, 0.2) is 66.7 Å². The van der Waals surface area contributed by atoms with Crippen molar-refractivity contribution in [3.8, 4) is 5.75 Å². The lowest BCUT2D eigenvalue weighted by atomic mass is 9.76. The molecule has 0 bridgehead atoms. The third-order valence-electron chi connectivity index (χ3n) is 8.56. The molecule has 3 aromatic rings. The van der Waals surface area contributed by atoms with Crippen LogP contribution < -0.4 is 14.8 Å². The number of nitrogens with one attached hydrogen (secondary N) is 2. The van der Waals surface area contributed by atoms with E-state index in [1.807, 2.05) is 0 Å². The van der Waals surface area contributed by atoms with Crippen LogP contribution in [0.25, 0.3) is 0 Å². The van der Waals surface area contributed by atoms with Gasteiger partial charge in [-0.25, -0.2) is 17.9 Å². The van der Waals surface area contributed by atoms with Crippen LogP contribution >= 0.6 is 23.2 Å². The van der Waals surface area contributed by atoms with Crippen LogP contribution in [-0.4, -0.2) is 61.6 Å². The number of benzene rings is 3. The second kappa shape index (κ2) is 15.1. The Morgan fingerprint density at radius 3 is 2.33 bits per heavy atom. The van der Waals surface area contributed by atoms with Gasteiger partial charge in [-0.2, -0.15) is 0 Å². The third-order valence-corrected chi connectivity index (χ3v) is 9.85. The zero-order valence-electron chi connectivity index (χ0n) is 27.9. The summed E-state index contributed by atoms with van der Waals surface area (Å²) >= 11 is 13.1. The summed E-state index contributed by atoms with van der Waals surface area (Å²) in [5.74, 6) is -1.53. The second-order valence-electron chi connectivity index (χ2n) is 13.5. The second-order valence-corrected chi connectivity index (χ2v) is 16.1. The fourth-order valence-electron chi connectivity index (χ4n) is 6.64. The van der Waals surface area contributed by atoms with Crippen molar-refractivity contribution in [2.45, 2.75) is 82.6 Å². The molecule has 0 unspecified atom stereocenters. The quantitative estimate of drug-likeness (QED) is 0.239. The molecule has 1 aliphatic heterocycles. The van der Waals surface area contributed by atoms with Gasteiger partial charge in [0, 0.05) is 34.2 Å². The van der Waals surface area contributed by atoms with Gasteiger partial charge in [-0.3, -0.25) is 9.59 Å². The van der Waals surface area contributed by atoms with Gasteiger partial charge in [0.05, 0.1) is 18.2 Å². The highest BCUT2D eigenvalue weighted by molar-refractivity contribution is 7.88. The van der Waals surface area contributed by atoms with Crippen molar-refractivity contribution in [1.82, 2.24) is 14.9 Å². The van der Waals surface area contributed by atoms with Gasteiger partial charge >= 0.3 is 5.97 Å². The van der Waals surface area contributed by atoms with Crippen molar-refractivity contribution in [3.05, 3.63) is 99.0 Å². The number of esters is 1. The van der Waals surface area contributed by atoms with E-state index in [1.54, 1.807) is 92.4 Å². The fourth-order valence-corrected chi connectivity index (χ4v) is 7.99. The Morgan fingerprint density at radius 1 is 0.959 bits per heavy atom. The first-order chi connectivity index (χ1) is 23.1. The Bertz CT molecular complexity index is 1810. The van der Waals surface area contributed by atoms with Crippen molar-refractivity contribution in [2.24, 2.45) is 0 Å². The van der Waals surface area contributed by atoms with Gasteiger partial charge in [0.1, 0.15) is 11.4 Å². The largest absolute Gasteiger partial charge is 0.482 e. The number of fused-ring (bicyclic) bond motifs is 1. The molecule has 2 amide bonds. The molecule has 1 saturated carbocycles. The average molecular weight is 731 g/mol. The van der Waals surface area contributed by atoms with Gasteiger partial charge in [0.25, 0.3) is 5.91 Å². The summed E-state index contributed by atoms with van der Waals surface area (Å²) in [6.45, 7) is 5.28. The molecule has 13 heteroatoms. The van der Waals surface area contributed by atoms with Crippen molar-refractivity contribution in [1.29, 1.82) is 0 Å². The van der Waals surface area contributed by atoms with Gasteiger partial charge in [-0.05, 0) is 80.6 Å². The molecule has 2 aliphatic rings. The smallest absolute Gasteiger partial charge is 0.344 e. The first-order valence-electron chi connectivity index (χ1n) is 16.2. The van der Waals surface area contributed by atoms with E-state index < -0.39 is 45.6 Å². The SMILES string of the molecule is CC(C)(C)OC(=O)COc1ccc(CNC(=O)[C@@H]2c3ccccc3C(=O)N([C@H]3CCCC[C@@H]3NS(C)(=O)=O)[C@H]2c2ccc(Cl)cc2Cl)cc1. The Kier molecular flexibility index (Phi) is 11.3. The molecule has 1 heterocycles. The molecule has 0 radical (unpaired) electrons. The number of rotatable bonds is 10. The number of carbonyl (C=O) groups excluding carboxylic acids is 3. The third kappa shape index (κ3) is 9.13. The zero-order valence-corrected chi connectivity index (χ0v) is 30.2. The molecular weight excluding hydrogens is 689 g/mol. The topological polar surface area (TPSA) is 131 Å². The van der Waals surface area contributed by atoms with E-state index in [1.165, 1.54) is 0 Å². The molecular formula is C36H41Cl2N3O7S. The van der Waals surface area contributed by atoms with Gasteiger partial charge in [-0.1, -0.05) is 72.4 Å². The minimum absolute atomic E-state index is 0.167. The van der Waals surface area contributed by atoms with Gasteiger partial charge in [0.2, 0.25) is 15.9 Å². The van der Waals surface area contributed by atoms with E-state index in [9.17, 15) is 22.8 Å². The molecule has 0 spiro atoms. The summed E-state index contributed by atoms with van der Waals surface area (Å²) in [7, 11) is -3.60. The summed E-state index contributed by atoms with van der Waals surface area (Å²) in [5, 5.41) is 3.74. The summed E-state index contributed by atoms with van der Waals surface area (Å²) in [6.07, 6.45) is 3.77. The van der Waals surface area contributed by atoms with Crippen molar-refractivity contribution in [3.63, 3.8) is 0 Å². The summed E-state index contributed by atoms with van der Waals surface area (Å²) in [4.78, 5) is 42.5. The minimum atomic E-state index is -3.60. The predicted octanol–water partition coefficient (Wildman–Crippen LogP) is 6.17. The summed E-state index contributed by atoms with van der Waals surface area (Å²) < 4.78 is 38.5. The molecule has 3 aromatic carbocycles. The number of halogens is 2. The van der Waals surface area contributed by atoms with Crippen LogP contribution in [0.5, 0.6) is 5.75 Å². The minimum Gasteiger partial charge on any atom is -0.482 e. The van der Waals surface area contributed by atoms with Crippen LogP contribution in [0.3, 0.4) is 0 Å². The molecule has 0 aromatic heterocycles. The van der Waals surface area contributed by atoms with Gasteiger partial charge in [0.15, 0.2) is 6.61 Å². The van der Waals surface area contributed by atoms with Crippen molar-refractivity contribution in [2.75, 3.05) is 12.9 Å². The zero-order chi connectivity index (χ0) is 35.5. The van der Waals surface area contributed by atoms with Crippen LogP contribution in [-0.2, 0) is 30.9 Å². The lowest BCUT2D eigenvalue weighted by molar-refractivity contribution is -0.157. The maximum absolute atomic E-state index is 14.4. The molecule has 1 aliphatic carbocycles. The normalized spacial score (nSPS) is 21.1. The van der Waals surface area contributed by atoms with E-state index in [4.69, 9.17) is 32.7 Å². The molecule has 10 nitrogen and oxygen atoms in total. The molecule has 2 N–H and O–H groups in total. The van der Waals surface area contributed by atoms with Crippen molar-refractivity contribution < 1.29 is 32.3 Å². The number of amides is 2. The Hall–Kier alpha value is -3.64. The van der Waals surface area contributed by atoms with E-state index in [2.05, 4.69) is 10.0 Å². The number of nitrogens with zero attached hydrogens (tertiary/aromatic N) is 1. The van der Waals surface area contributed by atoms with Gasteiger partial charge < -0.3 is 19.7 Å². The molecule has 4 atom stereocenters. The highest BCUT2D eigenvalue weighted by atomic mass is 35.5. The molecule has 0 saturated heterocycles. The fraction of sp³-hybridized carbons (Fsp3) is 0.417. The summed E-state index contributed by atoms with van der Waals surface area (Å²) in [5.41, 5.74) is 1.62. The van der Waals surface area contributed by atoms with E-state index in [0.717, 1.165) is 24.7 Å². The van der Waals surface area contributed by atoms with E-state index >= 15 is 0 Å². The number of hydrogen-bond donors (Lipinski definition) is 2. The highest BCUT2D eigenvalue weighted by Crippen LogP contribution is 2.48. The lowest BCUT2D eigenvalue weighted by Gasteiger charge is -2.49. The van der Waals surface area contributed by atoms with Crippen LogP contribution in [0.2, 0.25) is 10.0 Å². The van der Waals surface area contributed by atoms with Gasteiger partial charge in [-0.15, -0.1) is 0 Å². The van der Waals surface area contributed by atoms with E-state index in [0.29, 0.717) is 40.3 Å². The first kappa shape index (κ1) is 36.6. The molecule has 49 heavy (non-hydrogen) atoms. The Morgan fingerprint density at radius 2 is 1.65 bits per heavy atom. The number of carbonyl (C=O) groups is 3. The first-order valence-corrected chi connectivity index (χ1v) is 18.8. The van der Waals surface area contributed by atoms with Crippen LogP contribution in [0, 0.1) is 0 Å². The van der Waals surface area contributed by atoms with Crippen molar-refractivity contribution >= 4 is 51.0 Å². The number of sulfonamides is 1. The molecule has 262 valence electrons. The molecule has 5 rings (SSSR count). The number of hydrogen-bond acceptors (Lipinski definition) is 7. The average Bonchev–Trinajstić information content (AvgIpc) is 3.02.